The third-order valence-electron chi connectivity index (χ3n) is 3.06. The molecule has 0 radical (unpaired) electrons. The molecule has 2 rings (SSSR count). The third kappa shape index (κ3) is 5.36. The van der Waals surface area contributed by atoms with Crippen molar-refractivity contribution in [2.45, 2.75) is 13.8 Å². The first kappa shape index (κ1) is 18.5. The predicted octanol–water partition coefficient (Wildman–Crippen LogP) is 3.41. The van der Waals surface area contributed by atoms with Crippen molar-refractivity contribution in [1.29, 1.82) is 0 Å². The van der Waals surface area contributed by atoms with Gasteiger partial charge in [-0.25, -0.2) is 4.99 Å². The van der Waals surface area contributed by atoms with Crippen molar-refractivity contribution in [3.8, 4) is 5.75 Å². The molecule has 0 aliphatic heterocycles. The number of benzene rings is 2. The molecular weight excluding hydrogens is 389 g/mol. The van der Waals surface area contributed by atoms with Gasteiger partial charge in [-0.2, -0.15) is 0 Å². The minimum Gasteiger partial charge on any atom is -0.491 e. The second kappa shape index (κ2) is 10.3. The summed E-state index contributed by atoms with van der Waals surface area (Å²) in [5, 5.41) is 8.73. The van der Waals surface area contributed by atoms with Crippen LogP contribution in [-0.2, 0) is 0 Å². The fourth-order valence-electron chi connectivity index (χ4n) is 2.14. The van der Waals surface area contributed by atoms with Crippen LogP contribution in [0.5, 0.6) is 5.75 Å². The molecular formula is C17H24IN3O. The molecule has 0 saturated heterocycles. The summed E-state index contributed by atoms with van der Waals surface area (Å²) in [6, 6.07) is 14.3. The zero-order valence-electron chi connectivity index (χ0n) is 13.1. The molecule has 4 nitrogen and oxygen atoms in total. The summed E-state index contributed by atoms with van der Waals surface area (Å²) in [5.74, 6) is 1.75. The number of ether oxygens (including phenoxy) is 1. The van der Waals surface area contributed by atoms with Gasteiger partial charge in [-0.05, 0) is 25.3 Å². The van der Waals surface area contributed by atoms with E-state index in [0.717, 1.165) is 30.2 Å². The van der Waals surface area contributed by atoms with E-state index in [1.165, 1.54) is 5.39 Å². The maximum absolute atomic E-state index is 5.86. The molecule has 0 aromatic heterocycles. The van der Waals surface area contributed by atoms with Crippen LogP contribution >= 0.6 is 24.0 Å². The van der Waals surface area contributed by atoms with Crippen LogP contribution < -0.4 is 15.4 Å². The summed E-state index contributed by atoms with van der Waals surface area (Å²) in [6.07, 6.45) is 0. The van der Waals surface area contributed by atoms with E-state index < -0.39 is 0 Å². The molecule has 0 atom stereocenters. The molecule has 0 heterocycles. The molecule has 5 heteroatoms. The van der Waals surface area contributed by atoms with Crippen LogP contribution in [-0.4, -0.2) is 32.2 Å². The van der Waals surface area contributed by atoms with Crippen LogP contribution in [0.25, 0.3) is 10.8 Å². The third-order valence-corrected chi connectivity index (χ3v) is 3.06. The number of hydrogen-bond acceptors (Lipinski definition) is 2. The van der Waals surface area contributed by atoms with E-state index in [1.54, 1.807) is 0 Å². The van der Waals surface area contributed by atoms with Crippen molar-refractivity contribution in [2.75, 3.05) is 26.2 Å². The van der Waals surface area contributed by atoms with Gasteiger partial charge in [-0.15, -0.1) is 24.0 Å². The molecule has 0 amide bonds. The number of nitrogens with one attached hydrogen (secondary N) is 2. The van der Waals surface area contributed by atoms with Crippen molar-refractivity contribution in [3.63, 3.8) is 0 Å². The van der Waals surface area contributed by atoms with Gasteiger partial charge in [0.15, 0.2) is 5.96 Å². The van der Waals surface area contributed by atoms with Crippen LogP contribution in [0.1, 0.15) is 13.8 Å². The number of halogens is 1. The highest BCUT2D eigenvalue weighted by atomic mass is 127. The van der Waals surface area contributed by atoms with Gasteiger partial charge in [0.2, 0.25) is 0 Å². The Morgan fingerprint density at radius 1 is 1.00 bits per heavy atom. The fraction of sp³-hybridized carbons (Fsp3) is 0.353. The summed E-state index contributed by atoms with van der Waals surface area (Å²) >= 11 is 0. The fourth-order valence-corrected chi connectivity index (χ4v) is 2.14. The van der Waals surface area contributed by atoms with E-state index >= 15 is 0 Å². The summed E-state index contributed by atoms with van der Waals surface area (Å²) in [6.45, 7) is 7.01. The van der Waals surface area contributed by atoms with Crippen LogP contribution in [0.3, 0.4) is 0 Å². The maximum Gasteiger partial charge on any atom is 0.191 e. The van der Waals surface area contributed by atoms with Crippen molar-refractivity contribution in [2.24, 2.45) is 4.99 Å². The van der Waals surface area contributed by atoms with E-state index in [4.69, 9.17) is 4.74 Å². The number of rotatable bonds is 6. The van der Waals surface area contributed by atoms with Gasteiger partial charge in [0.25, 0.3) is 0 Å². The number of aliphatic imine (C=N–C) groups is 1. The van der Waals surface area contributed by atoms with Crippen LogP contribution in [0.4, 0.5) is 0 Å². The molecule has 0 fully saturated rings. The quantitative estimate of drug-likeness (QED) is 0.330. The number of fused-ring (bicyclic) bond motifs is 1. The highest BCUT2D eigenvalue weighted by Gasteiger charge is 2.00. The Hall–Kier alpha value is -1.50. The molecule has 0 aliphatic rings. The average Bonchev–Trinajstić information content (AvgIpc) is 2.52. The first-order valence-corrected chi connectivity index (χ1v) is 7.48. The van der Waals surface area contributed by atoms with Gasteiger partial charge >= 0.3 is 0 Å². The Bertz CT molecular complexity index is 588. The molecule has 2 aromatic rings. The van der Waals surface area contributed by atoms with Gasteiger partial charge in [0.05, 0.1) is 6.54 Å². The number of nitrogens with zero attached hydrogens (tertiary/aromatic N) is 1. The predicted molar refractivity (Wildman–Crippen MR) is 105 cm³/mol. The molecule has 22 heavy (non-hydrogen) atoms. The first-order chi connectivity index (χ1) is 10.3. The molecule has 0 bridgehead atoms. The Labute approximate surface area is 149 Å². The zero-order chi connectivity index (χ0) is 14.9. The van der Waals surface area contributed by atoms with E-state index in [0.29, 0.717) is 13.2 Å². The largest absolute Gasteiger partial charge is 0.491 e. The average molecular weight is 413 g/mol. The SMILES string of the molecule is CCNC(=NCCOc1cccc2ccccc12)NCC.I. The number of hydrogen-bond donors (Lipinski definition) is 2. The molecule has 0 unspecified atom stereocenters. The second-order valence-electron chi connectivity index (χ2n) is 4.62. The lowest BCUT2D eigenvalue weighted by atomic mass is 10.1. The second-order valence-corrected chi connectivity index (χ2v) is 4.62. The van der Waals surface area contributed by atoms with E-state index in [1.807, 2.05) is 24.3 Å². The highest BCUT2D eigenvalue weighted by molar-refractivity contribution is 14.0. The van der Waals surface area contributed by atoms with Crippen LogP contribution in [0.15, 0.2) is 47.5 Å². The van der Waals surface area contributed by atoms with Crippen LogP contribution in [0.2, 0.25) is 0 Å². The van der Waals surface area contributed by atoms with Gasteiger partial charge in [0.1, 0.15) is 12.4 Å². The molecule has 0 aliphatic carbocycles. The minimum absolute atomic E-state index is 0. The normalized spacial score (nSPS) is 9.73. The Kier molecular flexibility index (Phi) is 8.65. The molecule has 0 spiro atoms. The number of guanidine groups is 1. The smallest absolute Gasteiger partial charge is 0.191 e. The zero-order valence-corrected chi connectivity index (χ0v) is 15.5. The molecule has 2 aromatic carbocycles. The van der Waals surface area contributed by atoms with Gasteiger partial charge in [-0.3, -0.25) is 0 Å². The summed E-state index contributed by atoms with van der Waals surface area (Å²) < 4.78 is 5.86. The summed E-state index contributed by atoms with van der Waals surface area (Å²) in [7, 11) is 0. The summed E-state index contributed by atoms with van der Waals surface area (Å²) in [4.78, 5) is 4.47. The Balaban J connectivity index is 0.00000242. The molecule has 0 saturated carbocycles. The lowest BCUT2D eigenvalue weighted by Gasteiger charge is -2.10. The van der Waals surface area contributed by atoms with Crippen LogP contribution in [0, 0.1) is 0 Å². The first-order valence-electron chi connectivity index (χ1n) is 7.48. The van der Waals surface area contributed by atoms with Gasteiger partial charge in [-0.1, -0.05) is 36.4 Å². The monoisotopic (exact) mass is 413 g/mol. The van der Waals surface area contributed by atoms with E-state index in [2.05, 4.69) is 47.7 Å². The lowest BCUT2D eigenvalue weighted by Crippen LogP contribution is -2.37. The topological polar surface area (TPSA) is 45.7 Å². The van der Waals surface area contributed by atoms with E-state index in [9.17, 15) is 0 Å². The lowest BCUT2D eigenvalue weighted by molar-refractivity contribution is 0.332. The standard InChI is InChI=1S/C17H23N3O.HI/c1-3-18-17(19-4-2)20-12-13-21-16-11-7-9-14-8-5-6-10-15(14)16;/h5-11H,3-4,12-13H2,1-2H3,(H2,18,19,20);1H. The minimum atomic E-state index is 0. The molecule has 2 N–H and O–H groups in total. The van der Waals surface area contributed by atoms with Gasteiger partial charge < -0.3 is 15.4 Å². The van der Waals surface area contributed by atoms with Crippen molar-refractivity contribution in [3.05, 3.63) is 42.5 Å². The Morgan fingerprint density at radius 2 is 1.68 bits per heavy atom. The highest BCUT2D eigenvalue weighted by Crippen LogP contribution is 2.24. The van der Waals surface area contributed by atoms with Crippen molar-refractivity contribution >= 4 is 40.7 Å². The maximum atomic E-state index is 5.86. The van der Waals surface area contributed by atoms with Gasteiger partial charge in [0, 0.05) is 18.5 Å². The van der Waals surface area contributed by atoms with E-state index in [-0.39, 0.29) is 24.0 Å². The van der Waals surface area contributed by atoms with Crippen molar-refractivity contribution < 1.29 is 4.74 Å². The van der Waals surface area contributed by atoms with Crippen molar-refractivity contribution in [1.82, 2.24) is 10.6 Å². The Morgan fingerprint density at radius 3 is 2.41 bits per heavy atom. The molecule has 120 valence electrons. The summed E-state index contributed by atoms with van der Waals surface area (Å²) in [5.41, 5.74) is 0.